The van der Waals surface area contributed by atoms with Crippen molar-refractivity contribution in [3.8, 4) is 24.7 Å². The maximum atomic E-state index is 12.7. The molecule has 0 aliphatic carbocycles. The number of rotatable bonds is 7. The van der Waals surface area contributed by atoms with E-state index < -0.39 is 29.1 Å². The molecule has 1 heterocycles. The average molecular weight is 431 g/mol. The molecule has 0 N–H and O–H groups in total. The second-order valence-electron chi connectivity index (χ2n) is 7.04. The second-order valence-corrected chi connectivity index (χ2v) is 7.04. The van der Waals surface area contributed by atoms with E-state index in [2.05, 4.69) is 11.8 Å². The molecule has 162 valence electrons. The van der Waals surface area contributed by atoms with Crippen molar-refractivity contribution in [2.45, 2.75) is 39.1 Å². The summed E-state index contributed by atoms with van der Waals surface area (Å²) in [5, 5.41) is 1.86. The van der Waals surface area contributed by atoms with Crippen LogP contribution in [0.5, 0.6) is 0 Å². The third kappa shape index (κ3) is 4.40. The summed E-state index contributed by atoms with van der Waals surface area (Å²) in [4.78, 5) is 50.6. The molecule has 1 unspecified atom stereocenters. The molecule has 0 radical (unpaired) electrons. The summed E-state index contributed by atoms with van der Waals surface area (Å²) >= 11 is 0. The van der Waals surface area contributed by atoms with E-state index in [1.54, 1.807) is 19.1 Å². The molecule has 0 aliphatic heterocycles. The molecule has 0 fully saturated rings. The molecule has 0 aliphatic rings. The third-order valence-corrected chi connectivity index (χ3v) is 4.98. The molecule has 3 aromatic rings. The first-order valence-electron chi connectivity index (χ1n) is 9.92. The molecular formula is C24H21N3O5. The van der Waals surface area contributed by atoms with Crippen LogP contribution in [0.3, 0.4) is 0 Å². The SMILES string of the molecule is C#CCn1c(=O)n(CC#C)c(=O)n(CC(CC)OC(=O)c2ccc3ccccc3c2)c1=O. The van der Waals surface area contributed by atoms with Gasteiger partial charge in [-0.25, -0.2) is 32.9 Å². The van der Waals surface area contributed by atoms with Crippen LogP contribution in [0.15, 0.2) is 56.8 Å². The Morgan fingerprint density at radius 2 is 1.47 bits per heavy atom. The minimum atomic E-state index is -0.883. The Morgan fingerprint density at radius 3 is 2.03 bits per heavy atom. The predicted molar refractivity (Wildman–Crippen MR) is 120 cm³/mol. The number of hydrogen-bond donors (Lipinski definition) is 0. The van der Waals surface area contributed by atoms with Gasteiger partial charge in [0.25, 0.3) is 0 Å². The zero-order chi connectivity index (χ0) is 23.3. The molecule has 2 aromatic carbocycles. The second kappa shape index (κ2) is 9.67. The Kier molecular flexibility index (Phi) is 6.77. The molecule has 3 rings (SSSR count). The first-order chi connectivity index (χ1) is 15.4. The van der Waals surface area contributed by atoms with Gasteiger partial charge < -0.3 is 4.74 Å². The van der Waals surface area contributed by atoms with E-state index in [0.717, 1.165) is 24.5 Å². The number of ether oxygens (including phenoxy) is 1. The van der Waals surface area contributed by atoms with Crippen LogP contribution in [-0.2, 0) is 24.4 Å². The summed E-state index contributed by atoms with van der Waals surface area (Å²) in [5.74, 6) is 3.84. The van der Waals surface area contributed by atoms with Crippen molar-refractivity contribution in [1.82, 2.24) is 13.7 Å². The monoisotopic (exact) mass is 431 g/mol. The van der Waals surface area contributed by atoms with Crippen LogP contribution in [0.1, 0.15) is 23.7 Å². The molecule has 32 heavy (non-hydrogen) atoms. The van der Waals surface area contributed by atoms with Gasteiger partial charge in [-0.15, -0.1) is 12.8 Å². The lowest BCUT2D eigenvalue weighted by Crippen LogP contribution is -2.55. The van der Waals surface area contributed by atoms with E-state index in [1.807, 2.05) is 30.3 Å². The van der Waals surface area contributed by atoms with Crippen molar-refractivity contribution in [3.63, 3.8) is 0 Å². The van der Waals surface area contributed by atoms with E-state index >= 15 is 0 Å². The van der Waals surface area contributed by atoms with E-state index in [1.165, 1.54) is 0 Å². The zero-order valence-corrected chi connectivity index (χ0v) is 17.5. The van der Waals surface area contributed by atoms with Crippen molar-refractivity contribution < 1.29 is 9.53 Å². The Labute approximate surface area is 183 Å². The highest BCUT2D eigenvalue weighted by Gasteiger charge is 2.21. The summed E-state index contributed by atoms with van der Waals surface area (Å²) < 4.78 is 7.87. The fourth-order valence-electron chi connectivity index (χ4n) is 3.28. The van der Waals surface area contributed by atoms with Crippen LogP contribution in [0.4, 0.5) is 0 Å². The minimum absolute atomic E-state index is 0.247. The average Bonchev–Trinajstić information content (AvgIpc) is 2.81. The molecule has 8 nitrogen and oxygen atoms in total. The summed E-state index contributed by atoms with van der Waals surface area (Å²) in [5.41, 5.74) is -2.30. The van der Waals surface area contributed by atoms with Gasteiger partial charge in [-0.05, 0) is 29.3 Å². The number of carbonyl (C=O) groups excluding carboxylic acids is 1. The molecule has 0 bridgehead atoms. The topological polar surface area (TPSA) is 92.3 Å². The van der Waals surface area contributed by atoms with Gasteiger partial charge >= 0.3 is 23.0 Å². The fraction of sp³-hybridized carbons (Fsp3) is 0.250. The van der Waals surface area contributed by atoms with Gasteiger partial charge in [0.15, 0.2) is 0 Å². The molecule has 8 heteroatoms. The highest BCUT2D eigenvalue weighted by molar-refractivity contribution is 5.95. The highest BCUT2D eigenvalue weighted by atomic mass is 16.5. The van der Waals surface area contributed by atoms with Gasteiger partial charge in [0, 0.05) is 0 Å². The van der Waals surface area contributed by atoms with Crippen LogP contribution >= 0.6 is 0 Å². The fourth-order valence-corrected chi connectivity index (χ4v) is 3.28. The minimum Gasteiger partial charge on any atom is -0.457 e. The Bertz CT molecular complexity index is 1380. The van der Waals surface area contributed by atoms with Gasteiger partial charge in [-0.3, -0.25) is 0 Å². The molecule has 0 amide bonds. The zero-order valence-electron chi connectivity index (χ0n) is 17.5. The van der Waals surface area contributed by atoms with Gasteiger partial charge in [0.2, 0.25) is 0 Å². The number of hydrogen-bond acceptors (Lipinski definition) is 5. The number of esters is 1. The molecule has 0 saturated carbocycles. The van der Waals surface area contributed by atoms with Crippen molar-refractivity contribution in [3.05, 3.63) is 79.5 Å². The maximum Gasteiger partial charge on any atom is 0.338 e. The number of aromatic nitrogens is 3. The van der Waals surface area contributed by atoms with E-state index in [4.69, 9.17) is 17.6 Å². The van der Waals surface area contributed by atoms with Crippen LogP contribution in [0, 0.1) is 24.7 Å². The van der Waals surface area contributed by atoms with E-state index in [-0.39, 0.29) is 19.6 Å². The molecule has 0 saturated heterocycles. The Hall–Kier alpha value is -4.30. The van der Waals surface area contributed by atoms with Gasteiger partial charge in [-0.1, -0.05) is 49.1 Å². The first kappa shape index (κ1) is 22.4. The Balaban J connectivity index is 1.93. The molecule has 1 aromatic heterocycles. The predicted octanol–water partition coefficient (Wildman–Crippen LogP) is 1.23. The normalized spacial score (nSPS) is 11.5. The molecule has 0 spiro atoms. The lowest BCUT2D eigenvalue weighted by Gasteiger charge is -2.18. The molecular weight excluding hydrogens is 410 g/mol. The van der Waals surface area contributed by atoms with Crippen molar-refractivity contribution in [1.29, 1.82) is 0 Å². The molecule has 1 atom stereocenters. The van der Waals surface area contributed by atoms with Gasteiger partial charge in [0.1, 0.15) is 6.10 Å². The number of fused-ring (bicyclic) bond motifs is 1. The summed E-state index contributed by atoms with van der Waals surface area (Å²) in [6, 6.07) is 12.7. The van der Waals surface area contributed by atoms with E-state index in [0.29, 0.717) is 12.0 Å². The van der Waals surface area contributed by atoms with E-state index in [9.17, 15) is 19.2 Å². The largest absolute Gasteiger partial charge is 0.457 e. The lowest BCUT2D eigenvalue weighted by atomic mass is 10.1. The number of nitrogens with zero attached hydrogens (tertiary/aromatic N) is 3. The number of carbonyl (C=O) groups is 1. The van der Waals surface area contributed by atoms with Crippen molar-refractivity contribution in [2.75, 3.05) is 0 Å². The smallest absolute Gasteiger partial charge is 0.338 e. The van der Waals surface area contributed by atoms with Crippen LogP contribution in [-0.4, -0.2) is 25.8 Å². The lowest BCUT2D eigenvalue weighted by molar-refractivity contribution is 0.0242. The third-order valence-electron chi connectivity index (χ3n) is 4.98. The van der Waals surface area contributed by atoms with Crippen LogP contribution in [0.2, 0.25) is 0 Å². The van der Waals surface area contributed by atoms with Crippen LogP contribution < -0.4 is 17.1 Å². The highest BCUT2D eigenvalue weighted by Crippen LogP contribution is 2.17. The maximum absolute atomic E-state index is 12.7. The van der Waals surface area contributed by atoms with Gasteiger partial charge in [0.05, 0.1) is 25.2 Å². The number of terminal acetylenes is 2. The quantitative estimate of drug-likeness (QED) is 0.414. The summed E-state index contributed by atoms with van der Waals surface area (Å²) in [6.45, 7) is 0.857. The van der Waals surface area contributed by atoms with Crippen molar-refractivity contribution >= 4 is 16.7 Å². The Morgan fingerprint density at radius 1 is 0.906 bits per heavy atom. The van der Waals surface area contributed by atoms with Gasteiger partial charge in [-0.2, -0.15) is 0 Å². The summed E-state index contributed by atoms with van der Waals surface area (Å²) in [7, 11) is 0. The number of benzene rings is 2. The van der Waals surface area contributed by atoms with Crippen LogP contribution in [0.25, 0.3) is 10.8 Å². The standard InChI is InChI=1S/C24H21N3O5/c1-4-13-25-22(29)26(14-5-2)24(31)27(23(25)30)16-20(6-3)32-21(28)19-12-11-17-9-7-8-10-18(17)15-19/h1-2,7-12,15,20H,6,13-14,16H2,3H3. The summed E-state index contributed by atoms with van der Waals surface area (Å²) in [6.07, 6.45) is 10.0. The van der Waals surface area contributed by atoms with Crippen molar-refractivity contribution in [2.24, 2.45) is 0 Å². The first-order valence-corrected chi connectivity index (χ1v) is 9.92.